The van der Waals surface area contributed by atoms with Crippen molar-refractivity contribution < 1.29 is 4.79 Å². The van der Waals surface area contributed by atoms with Crippen LogP contribution in [0.2, 0.25) is 5.02 Å². The van der Waals surface area contributed by atoms with Crippen LogP contribution in [0.1, 0.15) is 27.1 Å². The van der Waals surface area contributed by atoms with Crippen LogP contribution >= 0.6 is 22.9 Å². The number of halogens is 1. The summed E-state index contributed by atoms with van der Waals surface area (Å²) in [5.41, 5.74) is 0.965. The van der Waals surface area contributed by atoms with Crippen molar-refractivity contribution in [1.29, 1.82) is 0 Å². The Hall–Kier alpha value is -2.63. The van der Waals surface area contributed by atoms with E-state index in [1.807, 2.05) is 72.4 Å². The summed E-state index contributed by atoms with van der Waals surface area (Å²) >= 11 is 7.87. The topological polar surface area (TPSA) is 46.9 Å². The molecular weight excluding hydrogens is 366 g/mol. The number of aromatic nitrogens is 2. The zero-order valence-corrected chi connectivity index (χ0v) is 15.6. The zero-order chi connectivity index (χ0) is 18.1. The lowest BCUT2D eigenvalue weighted by atomic mass is 10.1. The molecule has 1 amide bonds. The molecule has 130 valence electrons. The fourth-order valence-corrected chi connectivity index (χ4v) is 4.37. The highest BCUT2D eigenvalue weighted by molar-refractivity contribution is 7.21. The van der Waals surface area contributed by atoms with Crippen molar-refractivity contribution in [2.75, 3.05) is 0 Å². The molecule has 2 aromatic carbocycles. The van der Waals surface area contributed by atoms with Gasteiger partial charge in [0.05, 0.1) is 5.02 Å². The third-order valence-electron chi connectivity index (χ3n) is 4.27. The summed E-state index contributed by atoms with van der Waals surface area (Å²) in [4.78, 5) is 17.9. The number of thiophene rings is 1. The molecule has 0 radical (unpaired) electrons. The third-order valence-corrected chi connectivity index (χ3v) is 5.94. The molecule has 0 fully saturated rings. The van der Waals surface area contributed by atoms with E-state index in [0.29, 0.717) is 9.90 Å². The van der Waals surface area contributed by atoms with Gasteiger partial charge in [-0.05, 0) is 11.6 Å². The number of rotatable bonds is 4. The molecule has 4 rings (SSSR count). The van der Waals surface area contributed by atoms with E-state index < -0.39 is 0 Å². The maximum Gasteiger partial charge on any atom is 0.263 e. The van der Waals surface area contributed by atoms with Crippen molar-refractivity contribution in [3.63, 3.8) is 0 Å². The first-order chi connectivity index (χ1) is 12.6. The lowest BCUT2D eigenvalue weighted by Crippen LogP contribution is -2.30. The quantitative estimate of drug-likeness (QED) is 0.551. The second-order valence-electron chi connectivity index (χ2n) is 5.95. The number of hydrogen-bond acceptors (Lipinski definition) is 3. The van der Waals surface area contributed by atoms with E-state index in [4.69, 9.17) is 11.6 Å². The van der Waals surface area contributed by atoms with E-state index in [1.54, 1.807) is 6.20 Å². The number of hydrogen-bond donors (Lipinski definition) is 1. The van der Waals surface area contributed by atoms with Crippen LogP contribution in [0, 0.1) is 0 Å². The molecule has 0 spiro atoms. The number of nitrogens with one attached hydrogen (secondary N) is 1. The van der Waals surface area contributed by atoms with Gasteiger partial charge in [-0.2, -0.15) is 0 Å². The molecule has 6 heteroatoms. The lowest BCUT2D eigenvalue weighted by Gasteiger charge is -2.19. The highest BCUT2D eigenvalue weighted by Gasteiger charge is 2.24. The second-order valence-corrected chi connectivity index (χ2v) is 7.38. The van der Waals surface area contributed by atoms with Gasteiger partial charge in [-0.15, -0.1) is 11.3 Å². The molecule has 2 heterocycles. The van der Waals surface area contributed by atoms with Crippen molar-refractivity contribution in [3.8, 4) is 0 Å². The van der Waals surface area contributed by atoms with Crippen LogP contribution in [0.3, 0.4) is 0 Å². The van der Waals surface area contributed by atoms with Crippen molar-refractivity contribution >= 4 is 38.9 Å². The first-order valence-corrected chi connectivity index (χ1v) is 9.34. The fourth-order valence-electron chi connectivity index (χ4n) is 2.95. The molecule has 4 nitrogen and oxygen atoms in total. The van der Waals surface area contributed by atoms with Crippen LogP contribution in [0.15, 0.2) is 67.0 Å². The van der Waals surface area contributed by atoms with Gasteiger partial charge in [0.2, 0.25) is 0 Å². The molecule has 0 aliphatic carbocycles. The molecule has 2 aromatic heterocycles. The van der Waals surface area contributed by atoms with Crippen molar-refractivity contribution in [1.82, 2.24) is 14.9 Å². The Kier molecular flexibility index (Phi) is 4.49. The van der Waals surface area contributed by atoms with Gasteiger partial charge in [-0.25, -0.2) is 4.98 Å². The number of benzene rings is 2. The summed E-state index contributed by atoms with van der Waals surface area (Å²) < 4.78 is 2.90. The average Bonchev–Trinajstić information content (AvgIpc) is 3.24. The summed E-state index contributed by atoms with van der Waals surface area (Å²) in [6.45, 7) is 0. The Labute approximate surface area is 160 Å². The molecule has 1 unspecified atom stereocenters. The smallest absolute Gasteiger partial charge is 0.263 e. The SMILES string of the molecule is Cn1ccnc1C(NC(=O)c1sc2ccccc2c1Cl)c1ccccc1. The van der Waals surface area contributed by atoms with Gasteiger partial charge in [-0.3, -0.25) is 4.79 Å². The van der Waals surface area contributed by atoms with Crippen LogP contribution in [-0.2, 0) is 7.05 Å². The Balaban J connectivity index is 1.72. The minimum atomic E-state index is -0.357. The van der Waals surface area contributed by atoms with Crippen molar-refractivity contribution in [3.05, 3.63) is 88.3 Å². The van der Waals surface area contributed by atoms with Crippen molar-refractivity contribution in [2.24, 2.45) is 7.05 Å². The first-order valence-electron chi connectivity index (χ1n) is 8.15. The summed E-state index contributed by atoms with van der Waals surface area (Å²) in [6.07, 6.45) is 3.59. The van der Waals surface area contributed by atoms with Crippen LogP contribution in [0.25, 0.3) is 10.1 Å². The van der Waals surface area contributed by atoms with E-state index in [1.165, 1.54) is 11.3 Å². The van der Waals surface area contributed by atoms with Gasteiger partial charge in [0.25, 0.3) is 5.91 Å². The number of imidazole rings is 1. The lowest BCUT2D eigenvalue weighted by molar-refractivity contribution is 0.0945. The van der Waals surface area contributed by atoms with Crippen molar-refractivity contribution in [2.45, 2.75) is 6.04 Å². The van der Waals surface area contributed by atoms with Gasteiger partial charge < -0.3 is 9.88 Å². The van der Waals surface area contributed by atoms with E-state index in [9.17, 15) is 4.79 Å². The summed E-state index contributed by atoms with van der Waals surface area (Å²) in [6, 6.07) is 17.2. The molecular formula is C20H16ClN3OS. The monoisotopic (exact) mass is 381 g/mol. The van der Waals surface area contributed by atoms with Gasteiger partial charge in [0, 0.05) is 29.5 Å². The molecule has 0 saturated carbocycles. The Morgan fingerprint density at radius 2 is 1.88 bits per heavy atom. The summed E-state index contributed by atoms with van der Waals surface area (Å²) in [5, 5.41) is 4.49. The van der Waals surface area contributed by atoms with Crippen LogP contribution < -0.4 is 5.32 Å². The first kappa shape index (κ1) is 16.8. The summed E-state index contributed by atoms with van der Waals surface area (Å²) in [7, 11) is 1.91. The predicted molar refractivity (Wildman–Crippen MR) is 106 cm³/mol. The average molecular weight is 382 g/mol. The van der Waals surface area contributed by atoms with E-state index in [0.717, 1.165) is 21.5 Å². The Morgan fingerprint density at radius 3 is 2.58 bits per heavy atom. The normalized spacial score (nSPS) is 12.2. The largest absolute Gasteiger partial charge is 0.337 e. The highest BCUT2D eigenvalue weighted by atomic mass is 35.5. The van der Waals surface area contributed by atoms with E-state index >= 15 is 0 Å². The van der Waals surface area contributed by atoms with E-state index in [-0.39, 0.29) is 11.9 Å². The molecule has 1 N–H and O–H groups in total. The van der Waals surface area contributed by atoms with Gasteiger partial charge in [-0.1, -0.05) is 60.1 Å². The number of nitrogens with zero attached hydrogens (tertiary/aromatic N) is 2. The molecule has 0 saturated heterocycles. The minimum Gasteiger partial charge on any atom is -0.337 e. The van der Waals surface area contributed by atoms with Gasteiger partial charge >= 0.3 is 0 Å². The second kappa shape index (κ2) is 6.94. The predicted octanol–water partition coefficient (Wildman–Crippen LogP) is 4.81. The number of aryl methyl sites for hydroxylation is 1. The highest BCUT2D eigenvalue weighted by Crippen LogP contribution is 2.35. The third kappa shape index (κ3) is 3.00. The van der Waals surface area contributed by atoms with Crippen LogP contribution in [0.4, 0.5) is 0 Å². The maximum atomic E-state index is 13.0. The summed E-state index contributed by atoms with van der Waals surface area (Å²) in [5.74, 6) is 0.565. The zero-order valence-electron chi connectivity index (χ0n) is 14.0. The fraction of sp³-hybridized carbons (Fsp3) is 0.100. The molecule has 0 aliphatic heterocycles. The molecule has 1 atom stereocenters. The Bertz CT molecular complexity index is 1070. The Morgan fingerprint density at radius 1 is 1.15 bits per heavy atom. The number of carbonyl (C=O) groups excluding carboxylic acids is 1. The number of carbonyl (C=O) groups is 1. The number of fused-ring (bicyclic) bond motifs is 1. The minimum absolute atomic E-state index is 0.201. The maximum absolute atomic E-state index is 13.0. The van der Waals surface area contributed by atoms with E-state index in [2.05, 4.69) is 10.3 Å². The standard InChI is InChI=1S/C20H16ClN3OS/c1-24-12-11-22-19(24)17(13-7-3-2-4-8-13)23-20(25)18-16(21)14-9-5-6-10-15(14)26-18/h2-12,17H,1H3,(H,23,25). The van der Waals surface area contributed by atoms with Gasteiger partial charge in [0.1, 0.15) is 16.7 Å². The molecule has 0 aliphatic rings. The molecule has 0 bridgehead atoms. The molecule has 4 aromatic rings. The molecule has 26 heavy (non-hydrogen) atoms. The van der Waals surface area contributed by atoms with Crippen LogP contribution in [-0.4, -0.2) is 15.5 Å². The van der Waals surface area contributed by atoms with Gasteiger partial charge in [0.15, 0.2) is 0 Å². The van der Waals surface area contributed by atoms with Crippen LogP contribution in [0.5, 0.6) is 0 Å². The number of amides is 1.